The molecule has 1 fully saturated rings. The van der Waals surface area contributed by atoms with Gasteiger partial charge in [-0.05, 0) is 42.7 Å². The summed E-state index contributed by atoms with van der Waals surface area (Å²) in [7, 11) is 0. The standard InChI is InChI=1S/C22H20F4N2O2/c23-18-6-2-4-16(10-18)20-11-19(30-27-20)13-28(21(29)15-7-8-15)12-14-3-1-5-17(9-14)22(24,25)26/h1-6,9-10,15,19H,7-8,11-13H2/t19-/m1/s1. The molecule has 4 nitrogen and oxygen atoms in total. The number of hydrogen-bond acceptors (Lipinski definition) is 3. The summed E-state index contributed by atoms with van der Waals surface area (Å²) in [5, 5.41) is 4.02. The lowest BCUT2D eigenvalue weighted by Crippen LogP contribution is -2.38. The number of oxime groups is 1. The zero-order valence-corrected chi connectivity index (χ0v) is 16.0. The van der Waals surface area contributed by atoms with Crippen LogP contribution in [0.25, 0.3) is 0 Å². The van der Waals surface area contributed by atoms with Crippen LogP contribution in [-0.2, 0) is 22.4 Å². The Labute approximate surface area is 171 Å². The summed E-state index contributed by atoms with van der Waals surface area (Å²) in [5.41, 5.74) is 0.851. The molecule has 0 spiro atoms. The maximum atomic E-state index is 13.5. The van der Waals surface area contributed by atoms with Gasteiger partial charge in [0.2, 0.25) is 5.91 Å². The van der Waals surface area contributed by atoms with Crippen molar-refractivity contribution in [3.63, 3.8) is 0 Å². The Morgan fingerprint density at radius 3 is 2.60 bits per heavy atom. The lowest BCUT2D eigenvalue weighted by molar-refractivity contribution is -0.137. The number of carbonyl (C=O) groups is 1. The van der Waals surface area contributed by atoms with Gasteiger partial charge in [0, 0.05) is 24.4 Å². The molecule has 1 heterocycles. The highest BCUT2D eigenvalue weighted by Gasteiger charge is 2.36. The maximum absolute atomic E-state index is 13.5. The van der Waals surface area contributed by atoms with Crippen LogP contribution in [0.3, 0.4) is 0 Å². The summed E-state index contributed by atoms with van der Waals surface area (Å²) < 4.78 is 52.5. The fourth-order valence-corrected chi connectivity index (χ4v) is 3.50. The normalized spacial score (nSPS) is 18.7. The van der Waals surface area contributed by atoms with Gasteiger partial charge in [0.05, 0.1) is 17.8 Å². The number of halogens is 4. The van der Waals surface area contributed by atoms with E-state index in [0.717, 1.165) is 25.0 Å². The Morgan fingerprint density at radius 1 is 1.13 bits per heavy atom. The van der Waals surface area contributed by atoms with Gasteiger partial charge in [-0.2, -0.15) is 13.2 Å². The second-order valence-electron chi connectivity index (χ2n) is 7.67. The van der Waals surface area contributed by atoms with Gasteiger partial charge in [0.25, 0.3) is 0 Å². The fourth-order valence-electron chi connectivity index (χ4n) is 3.50. The van der Waals surface area contributed by atoms with Crippen molar-refractivity contribution in [3.8, 4) is 0 Å². The van der Waals surface area contributed by atoms with Gasteiger partial charge in [-0.25, -0.2) is 4.39 Å². The molecule has 0 aromatic heterocycles. The number of alkyl halides is 3. The molecule has 0 bridgehead atoms. The van der Waals surface area contributed by atoms with Gasteiger partial charge in [-0.1, -0.05) is 29.4 Å². The van der Waals surface area contributed by atoms with E-state index in [9.17, 15) is 22.4 Å². The quantitative estimate of drug-likeness (QED) is 0.632. The number of hydrogen-bond donors (Lipinski definition) is 0. The van der Waals surface area contributed by atoms with E-state index in [1.807, 2.05) is 0 Å². The molecule has 1 aliphatic heterocycles. The maximum Gasteiger partial charge on any atom is 0.416 e. The second-order valence-corrected chi connectivity index (χ2v) is 7.67. The first-order valence-electron chi connectivity index (χ1n) is 9.73. The predicted octanol–water partition coefficient (Wildman–Crippen LogP) is 4.78. The summed E-state index contributed by atoms with van der Waals surface area (Å²) >= 11 is 0. The van der Waals surface area contributed by atoms with Gasteiger partial charge < -0.3 is 9.74 Å². The van der Waals surface area contributed by atoms with E-state index in [1.165, 1.54) is 18.2 Å². The summed E-state index contributed by atoms with van der Waals surface area (Å²) in [6.07, 6.45) is -2.91. The molecule has 2 aliphatic rings. The highest BCUT2D eigenvalue weighted by molar-refractivity contribution is 6.01. The van der Waals surface area contributed by atoms with Crippen molar-refractivity contribution in [1.82, 2.24) is 4.90 Å². The van der Waals surface area contributed by atoms with Crippen LogP contribution >= 0.6 is 0 Å². The third kappa shape index (κ3) is 4.80. The van der Waals surface area contributed by atoms with E-state index in [-0.39, 0.29) is 30.7 Å². The van der Waals surface area contributed by atoms with Crippen LogP contribution in [0, 0.1) is 11.7 Å². The van der Waals surface area contributed by atoms with Crippen LogP contribution < -0.4 is 0 Å². The van der Waals surface area contributed by atoms with E-state index in [4.69, 9.17) is 4.84 Å². The largest absolute Gasteiger partial charge is 0.416 e. The molecule has 2 aromatic carbocycles. The smallest absolute Gasteiger partial charge is 0.390 e. The Kier molecular flexibility index (Phi) is 5.49. The first-order chi connectivity index (χ1) is 14.3. The lowest BCUT2D eigenvalue weighted by atomic mass is 10.0. The summed E-state index contributed by atoms with van der Waals surface area (Å²) in [6.45, 7) is 0.266. The van der Waals surface area contributed by atoms with Gasteiger partial charge in [0.15, 0.2) is 6.10 Å². The molecule has 30 heavy (non-hydrogen) atoms. The Morgan fingerprint density at radius 2 is 1.90 bits per heavy atom. The van der Waals surface area contributed by atoms with Crippen molar-refractivity contribution in [2.24, 2.45) is 11.1 Å². The number of rotatable bonds is 6. The molecular formula is C22H20F4N2O2. The van der Waals surface area contributed by atoms with Crippen molar-refractivity contribution in [2.75, 3.05) is 6.54 Å². The first-order valence-corrected chi connectivity index (χ1v) is 9.73. The molecule has 2 aromatic rings. The zero-order chi connectivity index (χ0) is 21.3. The van der Waals surface area contributed by atoms with Crippen molar-refractivity contribution in [2.45, 2.75) is 38.1 Å². The van der Waals surface area contributed by atoms with Gasteiger partial charge >= 0.3 is 6.18 Å². The topological polar surface area (TPSA) is 41.9 Å². The van der Waals surface area contributed by atoms with Gasteiger partial charge in [-0.3, -0.25) is 4.79 Å². The summed E-state index contributed by atoms with van der Waals surface area (Å²) in [6, 6.07) is 11.0. The molecule has 1 aliphatic carbocycles. The average molecular weight is 420 g/mol. The number of carbonyl (C=O) groups excluding carboxylic acids is 1. The van der Waals surface area contributed by atoms with Crippen molar-refractivity contribution < 1.29 is 27.2 Å². The summed E-state index contributed by atoms with van der Waals surface area (Å²) in [4.78, 5) is 19.7. The van der Waals surface area contributed by atoms with Crippen LogP contribution in [-0.4, -0.2) is 29.2 Å². The third-order valence-electron chi connectivity index (χ3n) is 5.18. The predicted molar refractivity (Wildman–Crippen MR) is 102 cm³/mol. The minimum Gasteiger partial charge on any atom is -0.390 e. The van der Waals surface area contributed by atoms with Crippen LogP contribution in [0.2, 0.25) is 0 Å². The van der Waals surface area contributed by atoms with Crippen molar-refractivity contribution in [3.05, 3.63) is 71.0 Å². The van der Waals surface area contributed by atoms with E-state index < -0.39 is 17.8 Å². The molecule has 0 radical (unpaired) electrons. The van der Waals surface area contributed by atoms with E-state index in [0.29, 0.717) is 23.3 Å². The number of nitrogens with zero attached hydrogens (tertiary/aromatic N) is 2. The molecule has 158 valence electrons. The zero-order valence-electron chi connectivity index (χ0n) is 16.0. The summed E-state index contributed by atoms with van der Waals surface area (Å²) in [5.74, 6) is -0.551. The van der Waals surface area contributed by atoms with Gasteiger partial charge in [-0.15, -0.1) is 0 Å². The molecule has 0 unspecified atom stereocenters. The van der Waals surface area contributed by atoms with Crippen LogP contribution in [0.15, 0.2) is 53.7 Å². The Balaban J connectivity index is 1.46. The van der Waals surface area contributed by atoms with Crippen LogP contribution in [0.4, 0.5) is 17.6 Å². The van der Waals surface area contributed by atoms with Crippen LogP contribution in [0.5, 0.6) is 0 Å². The number of benzene rings is 2. The monoisotopic (exact) mass is 420 g/mol. The highest BCUT2D eigenvalue weighted by Crippen LogP contribution is 2.33. The minimum absolute atomic E-state index is 0.0639. The SMILES string of the molecule is O=C(C1CC1)N(Cc1cccc(C(F)(F)F)c1)C[C@H]1CC(c2cccc(F)c2)=NO1. The van der Waals surface area contributed by atoms with Gasteiger partial charge in [0.1, 0.15) is 5.82 Å². The van der Waals surface area contributed by atoms with Crippen molar-refractivity contribution >= 4 is 11.6 Å². The Hall–Kier alpha value is -2.90. The van der Waals surface area contributed by atoms with Crippen LogP contribution in [0.1, 0.15) is 36.0 Å². The molecule has 4 rings (SSSR count). The highest BCUT2D eigenvalue weighted by atomic mass is 19.4. The first kappa shape index (κ1) is 20.4. The van der Waals surface area contributed by atoms with E-state index >= 15 is 0 Å². The minimum atomic E-state index is -4.44. The third-order valence-corrected chi connectivity index (χ3v) is 5.18. The van der Waals surface area contributed by atoms with E-state index in [1.54, 1.807) is 23.1 Å². The molecule has 1 amide bonds. The molecule has 1 atom stereocenters. The van der Waals surface area contributed by atoms with Crippen molar-refractivity contribution in [1.29, 1.82) is 0 Å². The van der Waals surface area contributed by atoms with E-state index in [2.05, 4.69) is 5.16 Å². The fraction of sp³-hybridized carbons (Fsp3) is 0.364. The number of amides is 1. The average Bonchev–Trinajstić information content (AvgIpc) is 3.45. The molecule has 0 N–H and O–H groups in total. The molecule has 0 saturated heterocycles. The lowest BCUT2D eigenvalue weighted by Gasteiger charge is -2.25. The second kappa shape index (κ2) is 8.08. The Bertz CT molecular complexity index is 970. The molecule has 8 heteroatoms. The molecular weight excluding hydrogens is 400 g/mol. The molecule has 1 saturated carbocycles.